The number of hydrogen-bond acceptors (Lipinski definition) is 1. The van der Waals surface area contributed by atoms with E-state index in [1.165, 1.54) is 24.8 Å². The van der Waals surface area contributed by atoms with Gasteiger partial charge in [0.15, 0.2) is 0 Å². The molecule has 0 saturated carbocycles. The summed E-state index contributed by atoms with van der Waals surface area (Å²) >= 11 is 0. The minimum absolute atomic E-state index is 0.706. The Balaban J connectivity index is 2.06. The molecule has 1 nitrogen and oxygen atoms in total. The predicted molar refractivity (Wildman–Crippen MR) is 52.7 cm³/mol. The average Bonchev–Trinajstić information content (AvgIpc) is 2.47. The first-order valence-corrected chi connectivity index (χ1v) is 5.00. The molecule has 1 heterocycles. The molecule has 2 rings (SSSR count). The molecule has 1 fully saturated rings. The lowest BCUT2D eigenvalue weighted by Gasteiger charge is -2.12. The fourth-order valence-corrected chi connectivity index (χ4v) is 1.91. The Bertz CT molecular complexity index is 235. The molecule has 0 amide bonds. The fourth-order valence-electron chi connectivity index (χ4n) is 1.91. The van der Waals surface area contributed by atoms with Crippen molar-refractivity contribution in [3.63, 3.8) is 0 Å². The van der Waals surface area contributed by atoms with E-state index in [-0.39, 0.29) is 0 Å². The third-order valence-electron chi connectivity index (χ3n) is 2.67. The third kappa shape index (κ3) is 2.31. The van der Waals surface area contributed by atoms with Crippen molar-refractivity contribution in [2.75, 3.05) is 13.2 Å². The van der Waals surface area contributed by atoms with Crippen LogP contribution in [-0.4, -0.2) is 13.2 Å². The van der Waals surface area contributed by atoms with E-state index in [4.69, 9.17) is 4.74 Å². The van der Waals surface area contributed by atoms with Gasteiger partial charge in [-0.25, -0.2) is 0 Å². The van der Waals surface area contributed by atoms with Gasteiger partial charge in [0.05, 0.1) is 0 Å². The van der Waals surface area contributed by atoms with Gasteiger partial charge in [0.1, 0.15) is 0 Å². The van der Waals surface area contributed by atoms with Gasteiger partial charge in [0.2, 0.25) is 0 Å². The van der Waals surface area contributed by atoms with Crippen molar-refractivity contribution >= 4 is 0 Å². The van der Waals surface area contributed by atoms with Crippen molar-refractivity contribution in [2.24, 2.45) is 0 Å². The summed E-state index contributed by atoms with van der Waals surface area (Å²) in [6, 6.07) is 11.4. The van der Waals surface area contributed by atoms with Crippen LogP contribution in [0.15, 0.2) is 24.3 Å². The average molecular weight is 175 g/mol. The smallest absolute Gasteiger partial charge is 0.0471 e. The zero-order chi connectivity index (χ0) is 8.93. The van der Waals surface area contributed by atoms with Gasteiger partial charge in [-0.1, -0.05) is 24.3 Å². The lowest BCUT2D eigenvalue weighted by Crippen LogP contribution is -1.98. The summed E-state index contributed by atoms with van der Waals surface area (Å²) in [7, 11) is 0. The van der Waals surface area contributed by atoms with Gasteiger partial charge in [0.25, 0.3) is 0 Å². The maximum atomic E-state index is 5.44. The van der Waals surface area contributed by atoms with Gasteiger partial charge >= 0.3 is 0 Å². The van der Waals surface area contributed by atoms with Crippen molar-refractivity contribution in [1.82, 2.24) is 0 Å². The van der Waals surface area contributed by atoms with Crippen LogP contribution in [0.2, 0.25) is 0 Å². The molecule has 69 valence electrons. The molecule has 1 aromatic carbocycles. The molecular weight excluding hydrogens is 160 g/mol. The summed E-state index contributed by atoms with van der Waals surface area (Å²) < 4.78 is 5.44. The highest BCUT2D eigenvalue weighted by molar-refractivity contribution is 5.18. The summed E-state index contributed by atoms with van der Waals surface area (Å²) in [5, 5.41) is 0. The summed E-state index contributed by atoms with van der Waals surface area (Å²) in [6.45, 7) is 1.86. The first-order chi connectivity index (χ1) is 6.47. The highest BCUT2D eigenvalue weighted by Crippen LogP contribution is 2.26. The van der Waals surface area contributed by atoms with Crippen LogP contribution in [0.4, 0.5) is 0 Å². The van der Waals surface area contributed by atoms with Gasteiger partial charge in [-0.15, -0.1) is 0 Å². The predicted octanol–water partition coefficient (Wildman–Crippen LogP) is 2.77. The van der Waals surface area contributed by atoms with Gasteiger partial charge in [-0.2, -0.15) is 0 Å². The monoisotopic (exact) mass is 175 g/mol. The van der Waals surface area contributed by atoms with Gasteiger partial charge in [-0.3, -0.25) is 0 Å². The number of benzene rings is 1. The first-order valence-electron chi connectivity index (χ1n) is 5.00. The standard InChI is InChI=1S/C12H15O/c1-2-5-11(6-3-1)12-7-4-9-13-10-8-12/h2-3,5-6,12H,4,7-10H2. The maximum absolute atomic E-state index is 5.44. The molecule has 0 aromatic heterocycles. The SMILES string of the molecule is [c]1ccc(C2CCCOCC2)cc1. The Morgan fingerprint density at radius 2 is 2.00 bits per heavy atom. The van der Waals surface area contributed by atoms with Crippen LogP contribution in [0.25, 0.3) is 0 Å². The van der Waals surface area contributed by atoms with E-state index in [2.05, 4.69) is 18.2 Å². The van der Waals surface area contributed by atoms with E-state index in [9.17, 15) is 0 Å². The van der Waals surface area contributed by atoms with E-state index in [1.807, 2.05) is 12.1 Å². The van der Waals surface area contributed by atoms with Crippen LogP contribution in [0.5, 0.6) is 0 Å². The second kappa shape index (κ2) is 4.43. The Labute approximate surface area is 79.7 Å². The topological polar surface area (TPSA) is 9.23 Å². The summed E-state index contributed by atoms with van der Waals surface area (Å²) in [5.74, 6) is 0.706. The fraction of sp³-hybridized carbons (Fsp3) is 0.500. The normalized spacial score (nSPS) is 23.8. The van der Waals surface area contributed by atoms with Crippen molar-refractivity contribution in [3.05, 3.63) is 35.9 Å². The molecule has 1 radical (unpaired) electrons. The summed E-state index contributed by atoms with van der Waals surface area (Å²) in [5.41, 5.74) is 1.45. The van der Waals surface area contributed by atoms with Gasteiger partial charge in [0, 0.05) is 13.2 Å². The van der Waals surface area contributed by atoms with E-state index < -0.39 is 0 Å². The van der Waals surface area contributed by atoms with Crippen LogP contribution < -0.4 is 0 Å². The zero-order valence-corrected chi connectivity index (χ0v) is 7.83. The van der Waals surface area contributed by atoms with Gasteiger partial charge < -0.3 is 4.74 Å². The van der Waals surface area contributed by atoms with Crippen molar-refractivity contribution in [3.8, 4) is 0 Å². The quantitative estimate of drug-likeness (QED) is 0.637. The summed E-state index contributed by atoms with van der Waals surface area (Å²) in [6.07, 6.45) is 3.64. The van der Waals surface area contributed by atoms with Gasteiger partial charge in [-0.05, 0) is 36.8 Å². The lowest BCUT2D eigenvalue weighted by molar-refractivity contribution is 0.143. The molecule has 0 N–H and O–H groups in total. The number of ether oxygens (including phenoxy) is 1. The zero-order valence-electron chi connectivity index (χ0n) is 7.83. The van der Waals surface area contributed by atoms with E-state index in [0.717, 1.165) is 13.2 Å². The van der Waals surface area contributed by atoms with Crippen LogP contribution in [-0.2, 0) is 4.74 Å². The molecular formula is C12H15O. The van der Waals surface area contributed by atoms with Crippen LogP contribution in [0.1, 0.15) is 30.7 Å². The molecule has 1 unspecified atom stereocenters. The van der Waals surface area contributed by atoms with E-state index >= 15 is 0 Å². The minimum Gasteiger partial charge on any atom is -0.381 e. The Morgan fingerprint density at radius 3 is 2.85 bits per heavy atom. The molecule has 1 saturated heterocycles. The Morgan fingerprint density at radius 1 is 1.15 bits per heavy atom. The number of hydrogen-bond donors (Lipinski definition) is 0. The van der Waals surface area contributed by atoms with Crippen molar-refractivity contribution in [1.29, 1.82) is 0 Å². The maximum Gasteiger partial charge on any atom is 0.0471 e. The second-order valence-corrected chi connectivity index (χ2v) is 3.57. The van der Waals surface area contributed by atoms with Crippen molar-refractivity contribution < 1.29 is 4.74 Å². The van der Waals surface area contributed by atoms with E-state index in [0.29, 0.717) is 5.92 Å². The van der Waals surface area contributed by atoms with Crippen molar-refractivity contribution in [2.45, 2.75) is 25.2 Å². The third-order valence-corrected chi connectivity index (χ3v) is 2.67. The molecule has 0 spiro atoms. The van der Waals surface area contributed by atoms with Crippen LogP contribution in [0.3, 0.4) is 0 Å². The lowest BCUT2D eigenvalue weighted by atomic mass is 9.92. The molecule has 0 bridgehead atoms. The molecule has 1 atom stereocenters. The minimum atomic E-state index is 0.706. The highest BCUT2D eigenvalue weighted by Gasteiger charge is 2.13. The molecule has 1 aromatic rings. The molecule has 1 heteroatoms. The summed E-state index contributed by atoms with van der Waals surface area (Å²) in [4.78, 5) is 0. The molecule has 1 aliphatic rings. The number of rotatable bonds is 1. The highest BCUT2D eigenvalue weighted by atomic mass is 16.5. The van der Waals surface area contributed by atoms with Crippen LogP contribution >= 0.6 is 0 Å². The second-order valence-electron chi connectivity index (χ2n) is 3.57. The Hall–Kier alpha value is -0.820. The Kier molecular flexibility index (Phi) is 2.98. The van der Waals surface area contributed by atoms with E-state index in [1.54, 1.807) is 0 Å². The molecule has 0 aliphatic carbocycles. The van der Waals surface area contributed by atoms with Crippen LogP contribution in [0, 0.1) is 6.07 Å². The largest absolute Gasteiger partial charge is 0.381 e. The molecule has 13 heavy (non-hydrogen) atoms. The first kappa shape index (κ1) is 8.76. The molecule has 1 aliphatic heterocycles.